The maximum Gasteiger partial charge on any atom is 0.320 e. The average Bonchev–Trinajstić information content (AvgIpc) is 2.86. The third-order valence-corrected chi connectivity index (χ3v) is 3.40. The van der Waals surface area contributed by atoms with Crippen molar-refractivity contribution in [2.24, 2.45) is 5.92 Å². The number of amides is 3. The molecule has 0 saturated carbocycles. The van der Waals surface area contributed by atoms with Gasteiger partial charge in [0, 0.05) is 33.7 Å². The smallest absolute Gasteiger partial charge is 0.320 e. The van der Waals surface area contributed by atoms with Crippen molar-refractivity contribution in [2.75, 3.05) is 40.3 Å². The largest absolute Gasteiger partial charge is 0.481 e. The van der Waals surface area contributed by atoms with Crippen LogP contribution in [0.25, 0.3) is 0 Å². The molecule has 114 valence electrons. The molecule has 7 nitrogen and oxygen atoms in total. The van der Waals surface area contributed by atoms with Gasteiger partial charge in [0.2, 0.25) is 5.91 Å². The van der Waals surface area contributed by atoms with Gasteiger partial charge >= 0.3 is 12.0 Å². The molecule has 0 aromatic carbocycles. The first-order valence-electron chi connectivity index (χ1n) is 6.83. The van der Waals surface area contributed by atoms with Crippen molar-refractivity contribution in [3.8, 4) is 0 Å². The van der Waals surface area contributed by atoms with E-state index >= 15 is 0 Å². The Morgan fingerprint density at radius 1 is 1.30 bits per heavy atom. The van der Waals surface area contributed by atoms with E-state index in [-0.39, 0.29) is 25.0 Å². The van der Waals surface area contributed by atoms with Gasteiger partial charge in [-0.05, 0) is 12.8 Å². The molecule has 1 fully saturated rings. The lowest BCUT2D eigenvalue weighted by Gasteiger charge is -2.28. The highest BCUT2D eigenvalue weighted by Gasteiger charge is 2.33. The van der Waals surface area contributed by atoms with Crippen LogP contribution in [0.4, 0.5) is 4.79 Å². The molecule has 1 rings (SSSR count). The second kappa shape index (κ2) is 7.12. The number of carboxylic acids is 1. The van der Waals surface area contributed by atoms with E-state index in [1.807, 2.05) is 6.92 Å². The molecule has 1 N–H and O–H groups in total. The highest BCUT2D eigenvalue weighted by molar-refractivity contribution is 5.84. The Hall–Kier alpha value is -1.79. The number of nitrogens with zero attached hydrogens (tertiary/aromatic N) is 3. The van der Waals surface area contributed by atoms with Gasteiger partial charge in [-0.2, -0.15) is 0 Å². The number of hydrogen-bond acceptors (Lipinski definition) is 3. The lowest BCUT2D eigenvalue weighted by atomic mass is 10.1. The lowest BCUT2D eigenvalue weighted by Crippen LogP contribution is -2.47. The summed E-state index contributed by atoms with van der Waals surface area (Å²) in [7, 11) is 3.29. The summed E-state index contributed by atoms with van der Waals surface area (Å²) in [6.07, 6.45) is 1.23. The SMILES string of the molecule is CCCN(CC(=O)N(C)C)C(=O)N1CCC(C(=O)O)C1. The van der Waals surface area contributed by atoms with Crippen LogP contribution < -0.4 is 0 Å². The number of carbonyl (C=O) groups is 3. The highest BCUT2D eigenvalue weighted by Crippen LogP contribution is 2.18. The third kappa shape index (κ3) is 4.11. The summed E-state index contributed by atoms with van der Waals surface area (Å²) in [5, 5.41) is 8.96. The number of likely N-dealkylation sites (tertiary alicyclic amines) is 1. The molecule has 0 aromatic heterocycles. The fraction of sp³-hybridized carbons (Fsp3) is 0.769. The molecule has 1 heterocycles. The van der Waals surface area contributed by atoms with Crippen LogP contribution in [0.2, 0.25) is 0 Å². The zero-order chi connectivity index (χ0) is 15.3. The van der Waals surface area contributed by atoms with Crippen molar-refractivity contribution in [2.45, 2.75) is 19.8 Å². The predicted molar refractivity (Wildman–Crippen MR) is 73.3 cm³/mol. The van der Waals surface area contributed by atoms with E-state index in [4.69, 9.17) is 5.11 Å². The third-order valence-electron chi connectivity index (χ3n) is 3.40. The maximum absolute atomic E-state index is 12.3. The van der Waals surface area contributed by atoms with Crippen LogP contribution in [-0.4, -0.2) is 78.0 Å². The van der Waals surface area contributed by atoms with Gasteiger partial charge in [0.25, 0.3) is 0 Å². The van der Waals surface area contributed by atoms with Crippen molar-refractivity contribution in [3.63, 3.8) is 0 Å². The van der Waals surface area contributed by atoms with Crippen LogP contribution >= 0.6 is 0 Å². The Morgan fingerprint density at radius 3 is 2.40 bits per heavy atom. The molecule has 7 heteroatoms. The number of hydrogen-bond donors (Lipinski definition) is 1. The van der Waals surface area contributed by atoms with Crippen molar-refractivity contribution in [1.82, 2.24) is 14.7 Å². The van der Waals surface area contributed by atoms with Gasteiger partial charge in [-0.3, -0.25) is 9.59 Å². The second-order valence-corrected chi connectivity index (χ2v) is 5.26. The normalized spacial score (nSPS) is 17.9. The second-order valence-electron chi connectivity index (χ2n) is 5.26. The molecule has 20 heavy (non-hydrogen) atoms. The van der Waals surface area contributed by atoms with Crippen LogP contribution in [0, 0.1) is 5.92 Å². The fourth-order valence-corrected chi connectivity index (χ4v) is 2.15. The minimum Gasteiger partial charge on any atom is -0.481 e. The molecule has 1 aliphatic rings. The Morgan fingerprint density at radius 2 is 1.95 bits per heavy atom. The van der Waals surface area contributed by atoms with E-state index in [0.29, 0.717) is 19.5 Å². The first-order chi connectivity index (χ1) is 9.36. The van der Waals surface area contributed by atoms with Crippen LogP contribution in [-0.2, 0) is 9.59 Å². The van der Waals surface area contributed by atoms with Crippen molar-refractivity contribution >= 4 is 17.9 Å². The average molecular weight is 285 g/mol. The molecule has 1 atom stereocenters. The van der Waals surface area contributed by atoms with Crippen LogP contribution in [0.3, 0.4) is 0 Å². The molecule has 1 saturated heterocycles. The summed E-state index contributed by atoms with van der Waals surface area (Å²) in [6.45, 7) is 3.13. The fourth-order valence-electron chi connectivity index (χ4n) is 2.15. The number of rotatable bonds is 5. The van der Waals surface area contributed by atoms with Crippen LogP contribution in [0.5, 0.6) is 0 Å². The van der Waals surface area contributed by atoms with Crippen LogP contribution in [0.15, 0.2) is 0 Å². The van der Waals surface area contributed by atoms with E-state index in [1.54, 1.807) is 14.1 Å². The molecule has 0 spiro atoms. The minimum atomic E-state index is -0.869. The lowest BCUT2D eigenvalue weighted by molar-refractivity contribution is -0.141. The Kier molecular flexibility index (Phi) is 5.79. The molecule has 0 aliphatic carbocycles. The van der Waals surface area contributed by atoms with Gasteiger partial charge in [0.05, 0.1) is 5.92 Å². The summed E-state index contributed by atoms with van der Waals surface area (Å²) in [5.41, 5.74) is 0. The minimum absolute atomic E-state index is 0.0356. The number of carboxylic acid groups (broad SMARTS) is 1. The predicted octanol–water partition coefficient (Wildman–Crippen LogP) is 0.313. The first-order valence-corrected chi connectivity index (χ1v) is 6.83. The van der Waals surface area contributed by atoms with Crippen molar-refractivity contribution in [1.29, 1.82) is 0 Å². The Balaban J connectivity index is 2.65. The van der Waals surface area contributed by atoms with E-state index < -0.39 is 11.9 Å². The molecule has 3 amide bonds. The summed E-state index contributed by atoms with van der Waals surface area (Å²) >= 11 is 0. The van der Waals surface area contributed by atoms with Gasteiger partial charge in [0.1, 0.15) is 6.54 Å². The monoisotopic (exact) mass is 285 g/mol. The van der Waals surface area contributed by atoms with Gasteiger partial charge in [-0.25, -0.2) is 4.79 Å². The first kappa shape index (κ1) is 16.3. The molecular formula is C13H23N3O4. The molecule has 0 aromatic rings. The van der Waals surface area contributed by atoms with E-state index in [2.05, 4.69) is 0 Å². The van der Waals surface area contributed by atoms with E-state index in [0.717, 1.165) is 6.42 Å². The zero-order valence-corrected chi connectivity index (χ0v) is 12.3. The summed E-state index contributed by atoms with van der Waals surface area (Å²) < 4.78 is 0. The molecule has 0 bridgehead atoms. The quantitative estimate of drug-likeness (QED) is 0.788. The standard InChI is InChI=1S/C13H23N3O4/c1-4-6-15(9-11(17)14(2)3)13(20)16-7-5-10(8-16)12(18)19/h10H,4-9H2,1-3H3,(H,18,19). The highest BCUT2D eigenvalue weighted by atomic mass is 16.4. The topological polar surface area (TPSA) is 81.2 Å². The van der Waals surface area contributed by atoms with Crippen LogP contribution in [0.1, 0.15) is 19.8 Å². The number of carbonyl (C=O) groups excluding carboxylic acids is 2. The van der Waals surface area contributed by atoms with Gasteiger partial charge in [-0.1, -0.05) is 6.92 Å². The summed E-state index contributed by atoms with van der Waals surface area (Å²) in [5.74, 6) is -1.50. The maximum atomic E-state index is 12.3. The molecule has 0 radical (unpaired) electrons. The zero-order valence-electron chi connectivity index (χ0n) is 12.3. The Labute approximate surface area is 119 Å². The van der Waals surface area contributed by atoms with Gasteiger partial charge in [0.15, 0.2) is 0 Å². The van der Waals surface area contributed by atoms with Crippen molar-refractivity contribution in [3.05, 3.63) is 0 Å². The summed E-state index contributed by atoms with van der Waals surface area (Å²) in [4.78, 5) is 39.5. The number of likely N-dealkylation sites (N-methyl/N-ethyl adjacent to an activating group) is 1. The van der Waals surface area contributed by atoms with E-state index in [1.165, 1.54) is 14.7 Å². The molecular weight excluding hydrogens is 262 g/mol. The van der Waals surface area contributed by atoms with Gasteiger partial charge in [-0.15, -0.1) is 0 Å². The molecule has 1 unspecified atom stereocenters. The Bertz CT molecular complexity index is 384. The van der Waals surface area contributed by atoms with Crippen molar-refractivity contribution < 1.29 is 19.5 Å². The number of aliphatic carboxylic acids is 1. The van der Waals surface area contributed by atoms with E-state index in [9.17, 15) is 14.4 Å². The number of urea groups is 1. The summed E-state index contributed by atoms with van der Waals surface area (Å²) in [6, 6.07) is -0.245. The van der Waals surface area contributed by atoms with Gasteiger partial charge < -0.3 is 19.8 Å². The molecule has 1 aliphatic heterocycles.